The van der Waals surface area contributed by atoms with Crippen LogP contribution in [-0.4, -0.2) is 43.5 Å². The van der Waals surface area contributed by atoms with E-state index in [2.05, 4.69) is 15.2 Å². The van der Waals surface area contributed by atoms with Gasteiger partial charge >= 0.3 is 0 Å². The molecule has 2 heterocycles. The predicted octanol–water partition coefficient (Wildman–Crippen LogP) is -0.308. The van der Waals surface area contributed by atoms with Crippen molar-refractivity contribution in [3.63, 3.8) is 0 Å². The van der Waals surface area contributed by atoms with Gasteiger partial charge in [-0.2, -0.15) is 0 Å². The Morgan fingerprint density at radius 2 is 2.60 bits per heavy atom. The maximum atomic E-state index is 4.23. The summed E-state index contributed by atoms with van der Waals surface area (Å²) in [6, 6.07) is 0.655. The molecule has 1 fully saturated rings. The zero-order chi connectivity index (χ0) is 6.81. The lowest BCUT2D eigenvalue weighted by Gasteiger charge is -2.19. The molecule has 0 aromatic rings. The quantitative estimate of drug-likeness (QED) is 0.498. The SMILES string of the molecule is C1=NCC2CNCCCN12. The van der Waals surface area contributed by atoms with Crippen LogP contribution in [0, 0.1) is 0 Å². The van der Waals surface area contributed by atoms with E-state index in [-0.39, 0.29) is 0 Å². The van der Waals surface area contributed by atoms with Crippen LogP contribution in [0.4, 0.5) is 0 Å². The van der Waals surface area contributed by atoms with Gasteiger partial charge in [-0.25, -0.2) is 0 Å². The van der Waals surface area contributed by atoms with Gasteiger partial charge in [-0.1, -0.05) is 0 Å². The minimum absolute atomic E-state index is 0.655. The largest absolute Gasteiger partial charge is 0.357 e. The summed E-state index contributed by atoms with van der Waals surface area (Å²) in [4.78, 5) is 6.58. The van der Waals surface area contributed by atoms with Crippen molar-refractivity contribution in [3.8, 4) is 0 Å². The Kier molecular flexibility index (Phi) is 1.59. The van der Waals surface area contributed by atoms with Gasteiger partial charge in [0.25, 0.3) is 0 Å². The number of fused-ring (bicyclic) bond motifs is 1. The zero-order valence-corrected chi connectivity index (χ0v) is 6.08. The Labute approximate surface area is 61.1 Å². The Bertz CT molecular complexity index is 144. The number of nitrogens with zero attached hydrogens (tertiary/aromatic N) is 2. The van der Waals surface area contributed by atoms with E-state index in [1.54, 1.807) is 0 Å². The van der Waals surface area contributed by atoms with Crippen LogP contribution in [0.15, 0.2) is 4.99 Å². The fourth-order valence-electron chi connectivity index (χ4n) is 1.55. The smallest absolute Gasteiger partial charge is 0.0854 e. The van der Waals surface area contributed by atoms with Gasteiger partial charge < -0.3 is 10.2 Å². The third kappa shape index (κ3) is 1.01. The second-order valence-electron chi connectivity index (χ2n) is 2.93. The van der Waals surface area contributed by atoms with E-state index in [0.29, 0.717) is 6.04 Å². The second-order valence-corrected chi connectivity index (χ2v) is 2.93. The molecule has 2 aliphatic heterocycles. The van der Waals surface area contributed by atoms with Gasteiger partial charge in [0.1, 0.15) is 0 Å². The minimum Gasteiger partial charge on any atom is -0.357 e. The fourth-order valence-corrected chi connectivity index (χ4v) is 1.55. The molecule has 3 heteroatoms. The van der Waals surface area contributed by atoms with Crippen molar-refractivity contribution in [2.24, 2.45) is 4.99 Å². The van der Waals surface area contributed by atoms with E-state index in [1.165, 1.54) is 19.5 Å². The Morgan fingerprint density at radius 3 is 3.60 bits per heavy atom. The number of nitrogens with one attached hydrogen (secondary N) is 1. The Morgan fingerprint density at radius 1 is 1.60 bits per heavy atom. The first-order valence-corrected chi connectivity index (χ1v) is 3.93. The van der Waals surface area contributed by atoms with E-state index in [4.69, 9.17) is 0 Å². The van der Waals surface area contributed by atoms with E-state index < -0.39 is 0 Å². The van der Waals surface area contributed by atoms with Crippen molar-refractivity contribution in [3.05, 3.63) is 0 Å². The first-order chi connectivity index (χ1) is 4.97. The van der Waals surface area contributed by atoms with Crippen LogP contribution in [0.2, 0.25) is 0 Å². The maximum Gasteiger partial charge on any atom is 0.0854 e. The van der Waals surface area contributed by atoms with Crippen LogP contribution in [-0.2, 0) is 0 Å². The molecule has 1 N–H and O–H groups in total. The molecule has 2 aliphatic rings. The summed E-state index contributed by atoms with van der Waals surface area (Å²) in [5.41, 5.74) is 0. The summed E-state index contributed by atoms with van der Waals surface area (Å²) in [7, 11) is 0. The molecule has 0 saturated carbocycles. The Balaban J connectivity index is 2.00. The molecule has 0 radical (unpaired) electrons. The van der Waals surface area contributed by atoms with Crippen LogP contribution < -0.4 is 5.32 Å². The predicted molar refractivity (Wildman–Crippen MR) is 41.3 cm³/mol. The van der Waals surface area contributed by atoms with Crippen LogP contribution in [0.5, 0.6) is 0 Å². The van der Waals surface area contributed by atoms with Gasteiger partial charge in [0.2, 0.25) is 0 Å². The van der Waals surface area contributed by atoms with Crippen molar-refractivity contribution < 1.29 is 0 Å². The number of rotatable bonds is 0. The summed E-state index contributed by atoms with van der Waals surface area (Å²) >= 11 is 0. The summed E-state index contributed by atoms with van der Waals surface area (Å²) < 4.78 is 0. The summed E-state index contributed by atoms with van der Waals surface area (Å²) in [5.74, 6) is 0. The molecule has 56 valence electrons. The molecule has 2 rings (SSSR count). The average Bonchev–Trinajstić information content (AvgIpc) is 2.28. The molecule has 0 bridgehead atoms. The van der Waals surface area contributed by atoms with Crippen molar-refractivity contribution in [2.45, 2.75) is 12.5 Å². The maximum absolute atomic E-state index is 4.23. The molecule has 1 atom stereocenters. The third-order valence-electron chi connectivity index (χ3n) is 2.16. The zero-order valence-electron chi connectivity index (χ0n) is 6.08. The van der Waals surface area contributed by atoms with Crippen LogP contribution >= 0.6 is 0 Å². The van der Waals surface area contributed by atoms with Crippen molar-refractivity contribution in [1.29, 1.82) is 0 Å². The number of hydrogen-bond donors (Lipinski definition) is 1. The lowest BCUT2D eigenvalue weighted by molar-refractivity contribution is 0.370. The molecule has 10 heavy (non-hydrogen) atoms. The fraction of sp³-hybridized carbons (Fsp3) is 0.857. The molecule has 0 aromatic carbocycles. The van der Waals surface area contributed by atoms with Gasteiger partial charge in [0.05, 0.1) is 18.9 Å². The Hall–Kier alpha value is -0.570. The normalized spacial score (nSPS) is 32.0. The molecule has 0 aromatic heterocycles. The molecular weight excluding hydrogens is 126 g/mol. The standard InChI is InChI=1S/C7H13N3/c1-2-8-4-7-5-9-6-10(7)3-1/h6-8H,1-5H2. The molecule has 0 amide bonds. The van der Waals surface area contributed by atoms with Gasteiger partial charge in [-0.05, 0) is 13.0 Å². The van der Waals surface area contributed by atoms with Gasteiger partial charge in [0, 0.05) is 13.1 Å². The van der Waals surface area contributed by atoms with Crippen molar-refractivity contribution >= 4 is 6.34 Å². The average molecular weight is 139 g/mol. The molecular formula is C7H13N3. The van der Waals surface area contributed by atoms with Crippen molar-refractivity contribution in [2.75, 3.05) is 26.2 Å². The minimum atomic E-state index is 0.655. The highest BCUT2D eigenvalue weighted by molar-refractivity contribution is 5.58. The summed E-state index contributed by atoms with van der Waals surface area (Å²) in [5, 5.41) is 3.40. The first kappa shape index (κ1) is 6.16. The summed E-state index contributed by atoms with van der Waals surface area (Å²) in [6.45, 7) is 4.45. The van der Waals surface area contributed by atoms with Crippen LogP contribution in [0.3, 0.4) is 0 Å². The first-order valence-electron chi connectivity index (χ1n) is 3.93. The van der Waals surface area contributed by atoms with E-state index >= 15 is 0 Å². The van der Waals surface area contributed by atoms with Crippen LogP contribution in [0.25, 0.3) is 0 Å². The van der Waals surface area contributed by atoms with E-state index in [1.807, 2.05) is 6.34 Å². The van der Waals surface area contributed by atoms with Gasteiger partial charge in [-0.3, -0.25) is 4.99 Å². The lowest BCUT2D eigenvalue weighted by Crippen LogP contribution is -2.36. The summed E-state index contributed by atoms with van der Waals surface area (Å²) in [6.07, 6.45) is 3.25. The second kappa shape index (κ2) is 2.58. The third-order valence-corrected chi connectivity index (χ3v) is 2.16. The lowest BCUT2D eigenvalue weighted by atomic mass is 10.3. The number of aliphatic imine (C=N–C) groups is 1. The molecule has 3 nitrogen and oxygen atoms in total. The van der Waals surface area contributed by atoms with Gasteiger partial charge in [0.15, 0.2) is 0 Å². The molecule has 1 unspecified atom stereocenters. The molecule has 0 spiro atoms. The molecule has 1 saturated heterocycles. The van der Waals surface area contributed by atoms with E-state index in [0.717, 1.165) is 13.1 Å². The van der Waals surface area contributed by atoms with Crippen molar-refractivity contribution in [1.82, 2.24) is 10.2 Å². The highest BCUT2D eigenvalue weighted by Gasteiger charge is 2.20. The topological polar surface area (TPSA) is 27.6 Å². The van der Waals surface area contributed by atoms with Crippen LogP contribution in [0.1, 0.15) is 6.42 Å². The highest BCUT2D eigenvalue weighted by Crippen LogP contribution is 2.06. The monoisotopic (exact) mass is 139 g/mol. The van der Waals surface area contributed by atoms with Gasteiger partial charge in [-0.15, -0.1) is 0 Å². The number of hydrogen-bond acceptors (Lipinski definition) is 3. The molecule has 0 aliphatic carbocycles. The highest BCUT2D eigenvalue weighted by atomic mass is 15.3. The van der Waals surface area contributed by atoms with E-state index in [9.17, 15) is 0 Å².